The summed E-state index contributed by atoms with van der Waals surface area (Å²) < 4.78 is 55.6. The third kappa shape index (κ3) is 7.95. The van der Waals surface area contributed by atoms with Gasteiger partial charge < -0.3 is 28.8 Å². The summed E-state index contributed by atoms with van der Waals surface area (Å²) in [5.41, 5.74) is 0. The Labute approximate surface area is 214 Å². The number of nitrogens with one attached hydrogen (secondary N) is 1. The number of ether oxygens (including phenoxy) is 5. The maximum atomic E-state index is 13.1. The van der Waals surface area contributed by atoms with E-state index in [1.807, 2.05) is 0 Å². The predicted octanol–water partition coefficient (Wildman–Crippen LogP) is 2.78. The van der Waals surface area contributed by atoms with E-state index in [0.29, 0.717) is 24.5 Å². The number of benzene rings is 2. The quantitative estimate of drug-likeness (QED) is 0.232. The van der Waals surface area contributed by atoms with Gasteiger partial charge in [0.05, 0.1) is 31.8 Å². The summed E-state index contributed by atoms with van der Waals surface area (Å²) in [6, 6.07) is 12.5. The molecule has 0 spiro atoms. The molecule has 13 heteroatoms. The smallest absolute Gasteiger partial charge is 0.302 e. The van der Waals surface area contributed by atoms with Crippen molar-refractivity contribution < 1.29 is 42.0 Å². The molecule has 0 saturated carbocycles. The van der Waals surface area contributed by atoms with Gasteiger partial charge >= 0.3 is 5.97 Å². The lowest BCUT2D eigenvalue weighted by Gasteiger charge is -2.16. The van der Waals surface area contributed by atoms with E-state index >= 15 is 0 Å². The number of hydrogen-bond donors (Lipinski definition) is 2. The zero-order valence-electron chi connectivity index (χ0n) is 20.2. The first-order valence-corrected chi connectivity index (χ1v) is 12.6. The molecule has 0 aliphatic heterocycles. The summed E-state index contributed by atoms with van der Waals surface area (Å²) in [6.45, 7) is 1.45. The number of aliphatic hydroxyl groups is 1. The standard InChI is InChI=1S/C24H27N3O9S/c1-17(29)33-13-5-14-34-18-8-10-19(11-9-18)37(30,31)27-23-22(24(26-16-25-23)35-15-12-28)36-21-7-4-3-6-20(21)32-2/h3-4,6-11,16,28H,5,12-15H2,1-2H3,(H,25,26,27). The molecule has 0 amide bonds. The van der Waals surface area contributed by atoms with Crippen LogP contribution in [0, 0.1) is 0 Å². The Balaban J connectivity index is 1.79. The number of hydrogen-bond acceptors (Lipinski definition) is 11. The molecule has 0 atom stereocenters. The highest BCUT2D eigenvalue weighted by Gasteiger charge is 2.23. The van der Waals surface area contributed by atoms with Gasteiger partial charge in [0.2, 0.25) is 5.75 Å². The van der Waals surface area contributed by atoms with Crippen molar-refractivity contribution in [2.24, 2.45) is 0 Å². The summed E-state index contributed by atoms with van der Waals surface area (Å²) in [6.07, 6.45) is 1.59. The highest BCUT2D eigenvalue weighted by Crippen LogP contribution is 2.39. The molecule has 2 N–H and O–H groups in total. The number of methoxy groups -OCH3 is 1. The van der Waals surface area contributed by atoms with E-state index in [-0.39, 0.29) is 53.9 Å². The topological polar surface area (TPSA) is 155 Å². The summed E-state index contributed by atoms with van der Waals surface area (Å²) in [7, 11) is -2.64. The van der Waals surface area contributed by atoms with Crippen LogP contribution in [-0.4, -0.2) is 63.0 Å². The van der Waals surface area contributed by atoms with Crippen molar-refractivity contribution in [2.75, 3.05) is 38.3 Å². The first-order valence-electron chi connectivity index (χ1n) is 11.1. The Hall–Kier alpha value is -4.10. The molecule has 12 nitrogen and oxygen atoms in total. The number of aromatic nitrogens is 2. The molecule has 0 unspecified atom stereocenters. The van der Waals surface area contributed by atoms with Gasteiger partial charge in [0.1, 0.15) is 18.7 Å². The van der Waals surface area contributed by atoms with Crippen LogP contribution in [0.2, 0.25) is 0 Å². The van der Waals surface area contributed by atoms with Gasteiger partial charge in [0.25, 0.3) is 15.9 Å². The number of aliphatic hydroxyl groups excluding tert-OH is 1. The van der Waals surface area contributed by atoms with E-state index in [1.165, 1.54) is 38.3 Å². The molecular formula is C24H27N3O9S. The van der Waals surface area contributed by atoms with Gasteiger partial charge in [0.15, 0.2) is 17.3 Å². The number of carbonyl (C=O) groups is 1. The Morgan fingerprint density at radius 3 is 2.38 bits per heavy atom. The van der Waals surface area contributed by atoms with Crippen LogP contribution in [0.4, 0.5) is 5.82 Å². The van der Waals surface area contributed by atoms with Gasteiger partial charge in [-0.3, -0.25) is 9.52 Å². The van der Waals surface area contributed by atoms with Crippen molar-refractivity contribution in [1.29, 1.82) is 0 Å². The van der Waals surface area contributed by atoms with Gasteiger partial charge in [0, 0.05) is 13.3 Å². The second-order valence-electron chi connectivity index (χ2n) is 7.30. The second-order valence-corrected chi connectivity index (χ2v) is 8.98. The zero-order valence-corrected chi connectivity index (χ0v) is 21.1. The van der Waals surface area contributed by atoms with Gasteiger partial charge in [-0.25, -0.2) is 13.4 Å². The first-order chi connectivity index (χ1) is 17.8. The van der Waals surface area contributed by atoms with Crippen LogP contribution in [0.25, 0.3) is 0 Å². The van der Waals surface area contributed by atoms with Crippen LogP contribution in [0.5, 0.6) is 28.9 Å². The number of para-hydroxylation sites is 2. The maximum absolute atomic E-state index is 13.1. The van der Waals surface area contributed by atoms with E-state index in [4.69, 9.17) is 28.8 Å². The van der Waals surface area contributed by atoms with Crippen molar-refractivity contribution in [2.45, 2.75) is 18.2 Å². The monoisotopic (exact) mass is 533 g/mol. The number of carbonyl (C=O) groups excluding carboxylic acids is 1. The molecular weight excluding hydrogens is 506 g/mol. The lowest BCUT2D eigenvalue weighted by Crippen LogP contribution is -2.16. The largest absolute Gasteiger partial charge is 0.493 e. The molecule has 37 heavy (non-hydrogen) atoms. The van der Waals surface area contributed by atoms with Crippen molar-refractivity contribution >= 4 is 21.8 Å². The van der Waals surface area contributed by atoms with Gasteiger partial charge in [-0.15, -0.1) is 0 Å². The maximum Gasteiger partial charge on any atom is 0.302 e. The Morgan fingerprint density at radius 2 is 1.70 bits per heavy atom. The van der Waals surface area contributed by atoms with Crippen LogP contribution in [0.3, 0.4) is 0 Å². The molecule has 1 aromatic heterocycles. The minimum atomic E-state index is -4.11. The number of esters is 1. The molecule has 3 rings (SSSR count). The van der Waals surface area contributed by atoms with Crippen molar-refractivity contribution in [3.63, 3.8) is 0 Å². The zero-order chi connectivity index (χ0) is 26.7. The minimum Gasteiger partial charge on any atom is -0.493 e. The molecule has 1 heterocycles. The summed E-state index contributed by atoms with van der Waals surface area (Å²) >= 11 is 0. The van der Waals surface area contributed by atoms with E-state index in [9.17, 15) is 13.2 Å². The van der Waals surface area contributed by atoms with Crippen LogP contribution in [0.15, 0.2) is 59.8 Å². The average molecular weight is 534 g/mol. The van der Waals surface area contributed by atoms with Crippen LogP contribution in [0.1, 0.15) is 13.3 Å². The molecule has 0 radical (unpaired) electrons. The summed E-state index contributed by atoms with van der Waals surface area (Å²) in [4.78, 5) is 18.8. The fourth-order valence-corrected chi connectivity index (χ4v) is 3.96. The molecule has 198 valence electrons. The van der Waals surface area contributed by atoms with E-state index in [0.717, 1.165) is 6.33 Å². The fraction of sp³-hybridized carbons (Fsp3) is 0.292. The lowest BCUT2D eigenvalue weighted by atomic mass is 10.3. The second kappa shape index (κ2) is 13.3. The molecule has 3 aromatic rings. The van der Waals surface area contributed by atoms with Gasteiger partial charge in [-0.1, -0.05) is 12.1 Å². The highest BCUT2D eigenvalue weighted by molar-refractivity contribution is 7.92. The third-order valence-corrected chi connectivity index (χ3v) is 5.96. The number of nitrogens with zero attached hydrogens (tertiary/aromatic N) is 2. The molecule has 0 aliphatic rings. The van der Waals surface area contributed by atoms with Gasteiger partial charge in [-0.2, -0.15) is 4.98 Å². The molecule has 2 aromatic carbocycles. The van der Waals surface area contributed by atoms with Crippen LogP contribution < -0.4 is 23.7 Å². The SMILES string of the molecule is COc1ccccc1Oc1c(NS(=O)(=O)c2ccc(OCCCOC(C)=O)cc2)ncnc1OCCO. The molecule has 0 fully saturated rings. The lowest BCUT2D eigenvalue weighted by molar-refractivity contribution is -0.141. The van der Waals surface area contributed by atoms with Crippen molar-refractivity contribution in [1.82, 2.24) is 9.97 Å². The predicted molar refractivity (Wildman–Crippen MR) is 132 cm³/mol. The van der Waals surface area contributed by atoms with Gasteiger partial charge in [-0.05, 0) is 36.4 Å². The van der Waals surface area contributed by atoms with Crippen LogP contribution >= 0.6 is 0 Å². The fourth-order valence-electron chi connectivity index (χ4n) is 2.95. The summed E-state index contributed by atoms with van der Waals surface area (Å²) in [5.74, 6) is 0.362. The number of rotatable bonds is 14. The van der Waals surface area contributed by atoms with Crippen molar-refractivity contribution in [3.8, 4) is 28.9 Å². The Kier molecular flexibility index (Phi) is 9.86. The number of sulfonamides is 1. The average Bonchev–Trinajstić information content (AvgIpc) is 2.89. The molecule has 0 saturated heterocycles. The highest BCUT2D eigenvalue weighted by atomic mass is 32.2. The number of anilines is 1. The molecule has 0 bridgehead atoms. The Morgan fingerprint density at radius 1 is 0.973 bits per heavy atom. The third-order valence-electron chi connectivity index (χ3n) is 4.61. The van der Waals surface area contributed by atoms with E-state index in [1.54, 1.807) is 24.3 Å². The van der Waals surface area contributed by atoms with Crippen molar-refractivity contribution in [3.05, 3.63) is 54.9 Å². The van der Waals surface area contributed by atoms with E-state index in [2.05, 4.69) is 14.7 Å². The van der Waals surface area contributed by atoms with E-state index < -0.39 is 10.0 Å². The normalized spacial score (nSPS) is 10.9. The summed E-state index contributed by atoms with van der Waals surface area (Å²) in [5, 5.41) is 9.15. The van der Waals surface area contributed by atoms with Crippen LogP contribution in [-0.2, 0) is 19.6 Å². The molecule has 0 aliphatic carbocycles. The Bertz CT molecular complexity index is 1280. The minimum absolute atomic E-state index is 0.0561. The first kappa shape index (κ1) is 27.5.